The predicted molar refractivity (Wildman–Crippen MR) is 75.9 cm³/mol. The van der Waals surface area contributed by atoms with Crippen molar-refractivity contribution in [2.45, 2.75) is 11.4 Å². The van der Waals surface area contributed by atoms with Gasteiger partial charge in [-0.15, -0.1) is 12.6 Å². The van der Waals surface area contributed by atoms with E-state index in [9.17, 15) is 4.79 Å². The van der Waals surface area contributed by atoms with Crippen LogP contribution in [-0.4, -0.2) is 17.9 Å². The van der Waals surface area contributed by atoms with E-state index in [0.29, 0.717) is 12.1 Å². The van der Waals surface area contributed by atoms with Gasteiger partial charge in [0.1, 0.15) is 0 Å². The Kier molecular flexibility index (Phi) is 4.05. The third-order valence-electron chi connectivity index (χ3n) is 2.70. The van der Waals surface area contributed by atoms with E-state index >= 15 is 0 Å². The number of rotatable bonds is 3. The molecule has 2 aromatic carbocycles. The maximum Gasteiger partial charge on any atom is 0.253 e. The molecule has 0 atom stereocenters. The minimum atomic E-state index is 0.00903. The highest BCUT2D eigenvalue weighted by Crippen LogP contribution is 2.12. The number of carbonyl (C=O) groups is 1. The van der Waals surface area contributed by atoms with E-state index in [0.717, 1.165) is 10.5 Å². The van der Waals surface area contributed by atoms with E-state index in [4.69, 9.17) is 0 Å². The van der Waals surface area contributed by atoms with E-state index in [1.807, 2.05) is 48.5 Å². The van der Waals surface area contributed by atoms with E-state index in [1.54, 1.807) is 18.0 Å². The summed E-state index contributed by atoms with van der Waals surface area (Å²) in [6, 6.07) is 17.2. The SMILES string of the molecule is CN(Cc1ccccc1)C(=O)c1cccc(S)c1. The lowest BCUT2D eigenvalue weighted by atomic mass is 10.1. The van der Waals surface area contributed by atoms with Crippen LogP contribution in [0.5, 0.6) is 0 Å². The Morgan fingerprint density at radius 2 is 1.83 bits per heavy atom. The zero-order valence-electron chi connectivity index (χ0n) is 10.2. The molecule has 0 bridgehead atoms. The number of hydrogen-bond acceptors (Lipinski definition) is 2. The van der Waals surface area contributed by atoms with Crippen LogP contribution in [0.1, 0.15) is 15.9 Å². The summed E-state index contributed by atoms with van der Waals surface area (Å²) in [4.78, 5) is 14.7. The largest absolute Gasteiger partial charge is 0.337 e. The van der Waals surface area contributed by atoms with Gasteiger partial charge in [0.25, 0.3) is 5.91 Å². The monoisotopic (exact) mass is 257 g/mol. The zero-order valence-corrected chi connectivity index (χ0v) is 11.1. The second-order valence-electron chi connectivity index (χ2n) is 4.20. The normalized spacial score (nSPS) is 10.1. The van der Waals surface area contributed by atoms with Crippen molar-refractivity contribution in [2.75, 3.05) is 7.05 Å². The maximum atomic E-state index is 12.2. The molecule has 3 heteroatoms. The standard InChI is InChI=1S/C15H15NOS/c1-16(11-12-6-3-2-4-7-12)15(17)13-8-5-9-14(18)10-13/h2-10,18H,11H2,1H3. The van der Waals surface area contributed by atoms with Crippen molar-refractivity contribution < 1.29 is 4.79 Å². The van der Waals surface area contributed by atoms with E-state index in [-0.39, 0.29) is 5.91 Å². The molecule has 0 aliphatic carbocycles. The summed E-state index contributed by atoms with van der Waals surface area (Å²) in [5.41, 5.74) is 1.79. The van der Waals surface area contributed by atoms with Gasteiger partial charge in [0, 0.05) is 24.1 Å². The highest BCUT2D eigenvalue weighted by Gasteiger charge is 2.11. The first-order valence-electron chi connectivity index (χ1n) is 5.75. The molecule has 0 fully saturated rings. The van der Waals surface area contributed by atoms with Crippen LogP contribution in [-0.2, 0) is 6.54 Å². The van der Waals surface area contributed by atoms with Crippen molar-refractivity contribution in [3.05, 3.63) is 65.7 Å². The number of amides is 1. The van der Waals surface area contributed by atoms with Crippen molar-refractivity contribution in [3.63, 3.8) is 0 Å². The Balaban J connectivity index is 2.10. The molecule has 0 N–H and O–H groups in total. The minimum absolute atomic E-state index is 0.00903. The van der Waals surface area contributed by atoms with Gasteiger partial charge in [0.2, 0.25) is 0 Å². The van der Waals surface area contributed by atoms with E-state index in [2.05, 4.69) is 12.6 Å². The fourth-order valence-corrected chi connectivity index (χ4v) is 2.01. The van der Waals surface area contributed by atoms with Gasteiger partial charge in [0.05, 0.1) is 0 Å². The number of thiol groups is 1. The van der Waals surface area contributed by atoms with Crippen molar-refractivity contribution in [1.29, 1.82) is 0 Å². The van der Waals surface area contributed by atoms with Crippen molar-refractivity contribution in [3.8, 4) is 0 Å². The Hall–Kier alpha value is -1.74. The average molecular weight is 257 g/mol. The molecule has 0 radical (unpaired) electrons. The summed E-state index contributed by atoms with van der Waals surface area (Å²) < 4.78 is 0. The molecule has 0 unspecified atom stereocenters. The Bertz CT molecular complexity index is 539. The van der Waals surface area contributed by atoms with Gasteiger partial charge in [-0.25, -0.2) is 0 Å². The lowest BCUT2D eigenvalue weighted by Crippen LogP contribution is -2.26. The number of carbonyl (C=O) groups excluding carboxylic acids is 1. The van der Waals surface area contributed by atoms with Gasteiger partial charge < -0.3 is 4.90 Å². The Morgan fingerprint density at radius 1 is 1.11 bits per heavy atom. The van der Waals surface area contributed by atoms with Crippen LogP contribution in [0.2, 0.25) is 0 Å². The Morgan fingerprint density at radius 3 is 2.50 bits per heavy atom. The van der Waals surface area contributed by atoms with Gasteiger partial charge >= 0.3 is 0 Å². The molecule has 0 saturated carbocycles. The van der Waals surface area contributed by atoms with Gasteiger partial charge in [-0.2, -0.15) is 0 Å². The molecule has 0 saturated heterocycles. The Labute approximate surface area is 113 Å². The van der Waals surface area contributed by atoms with Gasteiger partial charge in [-0.1, -0.05) is 36.4 Å². The first-order chi connectivity index (χ1) is 8.66. The van der Waals surface area contributed by atoms with Crippen LogP contribution >= 0.6 is 12.6 Å². The molecule has 2 aromatic rings. The van der Waals surface area contributed by atoms with Gasteiger partial charge in [-0.05, 0) is 23.8 Å². The molecule has 18 heavy (non-hydrogen) atoms. The maximum absolute atomic E-state index is 12.2. The quantitative estimate of drug-likeness (QED) is 0.837. The fourth-order valence-electron chi connectivity index (χ4n) is 1.79. The van der Waals surface area contributed by atoms with Crippen LogP contribution in [0.4, 0.5) is 0 Å². The van der Waals surface area contributed by atoms with Crippen LogP contribution in [0, 0.1) is 0 Å². The molecular weight excluding hydrogens is 242 g/mol. The predicted octanol–water partition coefficient (Wildman–Crippen LogP) is 3.25. The smallest absolute Gasteiger partial charge is 0.253 e. The number of benzene rings is 2. The highest BCUT2D eigenvalue weighted by atomic mass is 32.1. The third kappa shape index (κ3) is 3.14. The summed E-state index contributed by atoms with van der Waals surface area (Å²) in [6.45, 7) is 0.608. The van der Waals surface area contributed by atoms with Crippen molar-refractivity contribution in [2.24, 2.45) is 0 Å². The summed E-state index contributed by atoms with van der Waals surface area (Å²) in [7, 11) is 1.81. The summed E-state index contributed by atoms with van der Waals surface area (Å²) in [5, 5.41) is 0. The second kappa shape index (κ2) is 5.74. The van der Waals surface area contributed by atoms with E-state index < -0.39 is 0 Å². The topological polar surface area (TPSA) is 20.3 Å². The first-order valence-corrected chi connectivity index (χ1v) is 6.20. The zero-order chi connectivity index (χ0) is 13.0. The molecule has 0 spiro atoms. The molecule has 1 amide bonds. The van der Waals surface area contributed by atoms with Gasteiger partial charge in [-0.3, -0.25) is 4.79 Å². The van der Waals surface area contributed by atoms with Crippen LogP contribution in [0.3, 0.4) is 0 Å². The molecule has 92 valence electrons. The first kappa shape index (κ1) is 12.7. The lowest BCUT2D eigenvalue weighted by molar-refractivity contribution is 0.0785. The van der Waals surface area contributed by atoms with Gasteiger partial charge in [0.15, 0.2) is 0 Å². The third-order valence-corrected chi connectivity index (χ3v) is 2.98. The number of hydrogen-bond donors (Lipinski definition) is 1. The molecule has 0 aromatic heterocycles. The number of nitrogens with zero attached hydrogens (tertiary/aromatic N) is 1. The fraction of sp³-hybridized carbons (Fsp3) is 0.133. The minimum Gasteiger partial charge on any atom is -0.337 e. The average Bonchev–Trinajstić information content (AvgIpc) is 2.39. The van der Waals surface area contributed by atoms with Crippen molar-refractivity contribution >= 4 is 18.5 Å². The molecular formula is C15H15NOS. The lowest BCUT2D eigenvalue weighted by Gasteiger charge is -2.17. The van der Waals surface area contributed by atoms with Crippen molar-refractivity contribution in [1.82, 2.24) is 4.90 Å². The van der Waals surface area contributed by atoms with Crippen LogP contribution in [0.15, 0.2) is 59.5 Å². The molecule has 2 nitrogen and oxygen atoms in total. The molecule has 0 heterocycles. The summed E-state index contributed by atoms with van der Waals surface area (Å²) in [6.07, 6.45) is 0. The molecule has 0 aliphatic heterocycles. The van der Waals surface area contributed by atoms with Crippen LogP contribution < -0.4 is 0 Å². The summed E-state index contributed by atoms with van der Waals surface area (Å²) >= 11 is 4.25. The molecule has 2 rings (SSSR count). The second-order valence-corrected chi connectivity index (χ2v) is 4.71. The van der Waals surface area contributed by atoms with E-state index in [1.165, 1.54) is 0 Å². The molecule has 0 aliphatic rings. The summed E-state index contributed by atoms with van der Waals surface area (Å²) in [5.74, 6) is 0.00903. The van der Waals surface area contributed by atoms with Crippen LogP contribution in [0.25, 0.3) is 0 Å². The highest BCUT2D eigenvalue weighted by molar-refractivity contribution is 7.80.